The van der Waals surface area contributed by atoms with Crippen molar-refractivity contribution < 1.29 is 4.74 Å². The number of ether oxygens (including phenoxy) is 1. The van der Waals surface area contributed by atoms with Crippen LogP contribution in [0.3, 0.4) is 0 Å². The lowest BCUT2D eigenvalue weighted by Gasteiger charge is -2.12. The summed E-state index contributed by atoms with van der Waals surface area (Å²) in [5.41, 5.74) is 2.19. The lowest BCUT2D eigenvalue weighted by Crippen LogP contribution is -2.15. The second kappa shape index (κ2) is 4.99. The highest BCUT2D eigenvalue weighted by atomic mass is 16.5. The average Bonchev–Trinajstić information content (AvgIpc) is 2.74. The van der Waals surface area contributed by atoms with Crippen LogP contribution in [0.15, 0.2) is 24.4 Å². The van der Waals surface area contributed by atoms with Crippen LogP contribution in [0.25, 0.3) is 10.9 Å². The van der Waals surface area contributed by atoms with Crippen molar-refractivity contribution in [3.05, 3.63) is 24.4 Å². The van der Waals surface area contributed by atoms with E-state index in [1.54, 1.807) is 7.11 Å². The molecule has 0 spiro atoms. The minimum atomic E-state index is 0.505. The van der Waals surface area contributed by atoms with Gasteiger partial charge in [0.2, 0.25) is 0 Å². The van der Waals surface area contributed by atoms with E-state index in [1.165, 1.54) is 0 Å². The zero-order valence-electron chi connectivity index (χ0n) is 9.66. The van der Waals surface area contributed by atoms with Crippen molar-refractivity contribution in [2.24, 2.45) is 5.92 Å². The van der Waals surface area contributed by atoms with E-state index >= 15 is 0 Å². The molecule has 2 N–H and O–H groups in total. The SMILES string of the molecule is COCC(C)CNc1ccc2[nH]ncc2c1. The summed E-state index contributed by atoms with van der Waals surface area (Å²) in [6, 6.07) is 6.18. The van der Waals surface area contributed by atoms with E-state index in [4.69, 9.17) is 4.74 Å². The highest BCUT2D eigenvalue weighted by Crippen LogP contribution is 2.16. The minimum absolute atomic E-state index is 0.505. The van der Waals surface area contributed by atoms with Gasteiger partial charge < -0.3 is 10.1 Å². The summed E-state index contributed by atoms with van der Waals surface area (Å²) in [4.78, 5) is 0. The van der Waals surface area contributed by atoms with Crippen LogP contribution in [0.1, 0.15) is 6.92 Å². The number of benzene rings is 1. The fourth-order valence-electron chi connectivity index (χ4n) is 1.69. The van der Waals surface area contributed by atoms with Crippen LogP contribution in [0, 0.1) is 5.92 Å². The van der Waals surface area contributed by atoms with Crippen LogP contribution in [0.2, 0.25) is 0 Å². The number of methoxy groups -OCH3 is 1. The van der Waals surface area contributed by atoms with Crippen LogP contribution >= 0.6 is 0 Å². The maximum absolute atomic E-state index is 5.09. The lowest BCUT2D eigenvalue weighted by molar-refractivity contribution is 0.164. The maximum atomic E-state index is 5.09. The third-order valence-electron chi connectivity index (χ3n) is 2.55. The fourth-order valence-corrected chi connectivity index (χ4v) is 1.69. The summed E-state index contributed by atoms with van der Waals surface area (Å²) >= 11 is 0. The van der Waals surface area contributed by atoms with E-state index < -0.39 is 0 Å². The quantitative estimate of drug-likeness (QED) is 0.811. The Hall–Kier alpha value is -1.55. The number of nitrogens with zero attached hydrogens (tertiary/aromatic N) is 1. The Morgan fingerprint density at radius 2 is 2.38 bits per heavy atom. The molecule has 0 amide bonds. The molecule has 0 saturated heterocycles. The Morgan fingerprint density at radius 1 is 1.50 bits per heavy atom. The van der Waals surface area contributed by atoms with Gasteiger partial charge in [-0.1, -0.05) is 6.92 Å². The number of anilines is 1. The third kappa shape index (κ3) is 2.52. The summed E-state index contributed by atoms with van der Waals surface area (Å²) in [7, 11) is 1.73. The highest BCUT2D eigenvalue weighted by molar-refractivity contribution is 5.81. The van der Waals surface area contributed by atoms with Crippen molar-refractivity contribution in [1.82, 2.24) is 10.2 Å². The topological polar surface area (TPSA) is 49.9 Å². The first-order valence-electron chi connectivity index (χ1n) is 5.45. The van der Waals surface area contributed by atoms with Crippen molar-refractivity contribution in [3.63, 3.8) is 0 Å². The van der Waals surface area contributed by atoms with E-state index in [-0.39, 0.29) is 0 Å². The van der Waals surface area contributed by atoms with Crippen molar-refractivity contribution in [2.45, 2.75) is 6.92 Å². The molecule has 2 aromatic rings. The van der Waals surface area contributed by atoms with E-state index in [2.05, 4.69) is 34.6 Å². The van der Waals surface area contributed by atoms with Gasteiger partial charge in [0.05, 0.1) is 18.3 Å². The predicted molar refractivity (Wildman–Crippen MR) is 65.6 cm³/mol. The zero-order chi connectivity index (χ0) is 11.4. The highest BCUT2D eigenvalue weighted by Gasteiger charge is 2.02. The van der Waals surface area contributed by atoms with Crippen molar-refractivity contribution in [3.8, 4) is 0 Å². The molecule has 0 bridgehead atoms. The summed E-state index contributed by atoms with van der Waals surface area (Å²) < 4.78 is 5.09. The first-order chi connectivity index (χ1) is 7.79. The van der Waals surface area contributed by atoms with E-state index in [9.17, 15) is 0 Å². The Morgan fingerprint density at radius 3 is 3.19 bits per heavy atom. The number of aromatic amines is 1. The van der Waals surface area contributed by atoms with Gasteiger partial charge in [-0.15, -0.1) is 0 Å². The van der Waals surface area contributed by atoms with Gasteiger partial charge in [0, 0.05) is 24.7 Å². The molecule has 4 heteroatoms. The maximum Gasteiger partial charge on any atom is 0.0651 e. The van der Waals surface area contributed by atoms with Crippen molar-refractivity contribution in [2.75, 3.05) is 25.6 Å². The molecule has 86 valence electrons. The van der Waals surface area contributed by atoms with E-state index in [0.717, 1.165) is 29.7 Å². The molecule has 1 heterocycles. The third-order valence-corrected chi connectivity index (χ3v) is 2.55. The predicted octanol–water partition coefficient (Wildman–Crippen LogP) is 2.26. The molecule has 2 rings (SSSR count). The van der Waals surface area contributed by atoms with Gasteiger partial charge in [-0.2, -0.15) is 5.10 Å². The molecule has 16 heavy (non-hydrogen) atoms. The Kier molecular flexibility index (Phi) is 3.41. The molecule has 0 aliphatic rings. The number of H-pyrrole nitrogens is 1. The van der Waals surface area contributed by atoms with Crippen molar-refractivity contribution >= 4 is 16.6 Å². The molecule has 1 atom stereocenters. The summed E-state index contributed by atoms with van der Waals surface area (Å²) in [6.45, 7) is 3.85. The number of aromatic nitrogens is 2. The monoisotopic (exact) mass is 219 g/mol. The van der Waals surface area contributed by atoms with Gasteiger partial charge in [0.25, 0.3) is 0 Å². The second-order valence-corrected chi connectivity index (χ2v) is 4.11. The zero-order valence-corrected chi connectivity index (χ0v) is 9.66. The molecular formula is C12H17N3O. The largest absolute Gasteiger partial charge is 0.385 e. The molecule has 0 fully saturated rings. The Bertz CT molecular complexity index is 452. The molecule has 0 aliphatic heterocycles. The summed E-state index contributed by atoms with van der Waals surface area (Å²) in [5.74, 6) is 0.505. The first-order valence-corrected chi connectivity index (χ1v) is 5.45. The van der Waals surface area contributed by atoms with E-state index in [1.807, 2.05) is 12.3 Å². The molecule has 1 aromatic heterocycles. The van der Waals surface area contributed by atoms with Gasteiger partial charge in [-0.3, -0.25) is 5.10 Å². The number of rotatable bonds is 5. The second-order valence-electron chi connectivity index (χ2n) is 4.11. The molecule has 0 radical (unpaired) electrons. The number of hydrogen-bond acceptors (Lipinski definition) is 3. The molecule has 1 aromatic carbocycles. The Labute approximate surface area is 95.0 Å². The molecule has 0 saturated carbocycles. The molecule has 1 unspecified atom stereocenters. The Balaban J connectivity index is 1.98. The van der Waals surface area contributed by atoms with Crippen LogP contribution in [-0.2, 0) is 4.74 Å². The molecule has 0 aliphatic carbocycles. The van der Waals surface area contributed by atoms with Gasteiger partial charge in [-0.05, 0) is 24.1 Å². The average molecular weight is 219 g/mol. The lowest BCUT2D eigenvalue weighted by atomic mass is 10.2. The van der Waals surface area contributed by atoms with Gasteiger partial charge in [-0.25, -0.2) is 0 Å². The number of fused-ring (bicyclic) bond motifs is 1. The standard InChI is InChI=1S/C12H17N3O/c1-9(8-16-2)6-13-11-3-4-12-10(5-11)7-14-15-12/h3-5,7,9,13H,6,8H2,1-2H3,(H,14,15). The van der Waals surface area contributed by atoms with Gasteiger partial charge in [0.15, 0.2) is 0 Å². The van der Waals surface area contributed by atoms with Gasteiger partial charge in [0.1, 0.15) is 0 Å². The van der Waals surface area contributed by atoms with Gasteiger partial charge >= 0.3 is 0 Å². The minimum Gasteiger partial charge on any atom is -0.385 e. The normalized spacial score (nSPS) is 12.9. The summed E-state index contributed by atoms with van der Waals surface area (Å²) in [5, 5.41) is 11.4. The first kappa shape index (κ1) is 11.0. The number of hydrogen-bond donors (Lipinski definition) is 2. The van der Waals surface area contributed by atoms with Crippen LogP contribution in [-0.4, -0.2) is 30.5 Å². The number of nitrogens with one attached hydrogen (secondary N) is 2. The van der Waals surface area contributed by atoms with E-state index in [0.29, 0.717) is 5.92 Å². The fraction of sp³-hybridized carbons (Fsp3) is 0.417. The molecular weight excluding hydrogens is 202 g/mol. The van der Waals surface area contributed by atoms with Crippen molar-refractivity contribution in [1.29, 1.82) is 0 Å². The smallest absolute Gasteiger partial charge is 0.0651 e. The molecule has 4 nitrogen and oxygen atoms in total. The summed E-state index contributed by atoms with van der Waals surface area (Å²) in [6.07, 6.45) is 1.83. The van der Waals surface area contributed by atoms with Crippen LogP contribution in [0.5, 0.6) is 0 Å². The van der Waals surface area contributed by atoms with Crippen LogP contribution < -0.4 is 5.32 Å². The van der Waals surface area contributed by atoms with Crippen LogP contribution in [0.4, 0.5) is 5.69 Å².